The van der Waals surface area contributed by atoms with Crippen LogP contribution >= 0.6 is 0 Å². The Hall–Kier alpha value is -1.35. The molecule has 1 aliphatic rings. The summed E-state index contributed by atoms with van der Waals surface area (Å²) in [4.78, 5) is 0. The zero-order valence-corrected chi connectivity index (χ0v) is 11.7. The number of hydrogen-bond donors (Lipinski definition) is 1. The average molecular weight is 259 g/mol. The monoisotopic (exact) mass is 259 g/mol. The van der Waals surface area contributed by atoms with E-state index >= 15 is 0 Å². The van der Waals surface area contributed by atoms with E-state index in [2.05, 4.69) is 6.07 Å². The minimum Gasteiger partial charge on any atom is -0.399 e. The molecule has 0 bridgehead atoms. The van der Waals surface area contributed by atoms with Gasteiger partial charge in [-0.2, -0.15) is 5.26 Å². The van der Waals surface area contributed by atoms with Crippen molar-refractivity contribution in [2.75, 3.05) is 0 Å². The molecule has 0 saturated carbocycles. The van der Waals surface area contributed by atoms with E-state index in [0.717, 1.165) is 0 Å². The first-order valence-electron chi connectivity index (χ1n) is 6.31. The Labute approximate surface area is 114 Å². The fourth-order valence-electron chi connectivity index (χ4n) is 2.09. The molecule has 5 heteroatoms. The number of aliphatic hydroxyl groups excluding tert-OH is 1. The second kappa shape index (κ2) is 4.64. The second-order valence-corrected chi connectivity index (χ2v) is 5.74. The fourth-order valence-corrected chi connectivity index (χ4v) is 2.09. The third-order valence-electron chi connectivity index (χ3n) is 3.98. The van der Waals surface area contributed by atoms with Crippen LogP contribution in [0.15, 0.2) is 18.2 Å². The molecule has 2 rings (SSSR count). The van der Waals surface area contributed by atoms with Crippen molar-refractivity contribution in [1.82, 2.24) is 0 Å². The smallest absolute Gasteiger partial charge is 0.399 e. The lowest BCUT2D eigenvalue weighted by molar-refractivity contribution is 0.00578. The van der Waals surface area contributed by atoms with Gasteiger partial charge in [-0.05, 0) is 39.3 Å². The van der Waals surface area contributed by atoms with Crippen LogP contribution in [0.5, 0.6) is 0 Å². The molecule has 1 fully saturated rings. The standard InChI is InChI=1S/C14H18BNO3/c1-13(2)14(3,4)19-15(18-13)12-10(8-16)6-5-7-11(12)9-17/h5-7,17H,9H2,1-4H3. The molecule has 0 aliphatic carbocycles. The van der Waals surface area contributed by atoms with Crippen LogP contribution in [0.2, 0.25) is 0 Å². The highest BCUT2D eigenvalue weighted by molar-refractivity contribution is 6.63. The van der Waals surface area contributed by atoms with Gasteiger partial charge < -0.3 is 14.4 Å². The average Bonchev–Trinajstić information content (AvgIpc) is 2.57. The van der Waals surface area contributed by atoms with Crippen molar-refractivity contribution in [3.05, 3.63) is 29.3 Å². The largest absolute Gasteiger partial charge is 0.496 e. The molecule has 1 saturated heterocycles. The zero-order valence-electron chi connectivity index (χ0n) is 11.7. The molecule has 0 aromatic heterocycles. The maximum Gasteiger partial charge on any atom is 0.496 e. The van der Waals surface area contributed by atoms with Crippen molar-refractivity contribution < 1.29 is 14.4 Å². The van der Waals surface area contributed by atoms with E-state index < -0.39 is 18.3 Å². The normalized spacial score (nSPS) is 20.3. The number of benzene rings is 1. The highest BCUT2D eigenvalue weighted by atomic mass is 16.7. The fraction of sp³-hybridized carbons (Fsp3) is 0.500. The SMILES string of the molecule is CC1(C)OB(c2c(C#N)cccc2CO)OC1(C)C. The third kappa shape index (κ3) is 2.27. The number of rotatable bonds is 2. The molecule has 1 heterocycles. The first kappa shape index (κ1) is 14.1. The molecule has 0 radical (unpaired) electrons. The van der Waals surface area contributed by atoms with E-state index in [9.17, 15) is 10.4 Å². The number of hydrogen-bond acceptors (Lipinski definition) is 4. The lowest BCUT2D eigenvalue weighted by Gasteiger charge is -2.32. The highest BCUT2D eigenvalue weighted by Crippen LogP contribution is 2.36. The van der Waals surface area contributed by atoms with Crippen molar-refractivity contribution in [3.63, 3.8) is 0 Å². The highest BCUT2D eigenvalue weighted by Gasteiger charge is 2.52. The second-order valence-electron chi connectivity index (χ2n) is 5.74. The molecule has 4 nitrogen and oxygen atoms in total. The summed E-state index contributed by atoms with van der Waals surface area (Å²) in [6.07, 6.45) is 0. The summed E-state index contributed by atoms with van der Waals surface area (Å²) in [7, 11) is -0.622. The maximum atomic E-state index is 9.44. The third-order valence-corrected chi connectivity index (χ3v) is 3.98. The van der Waals surface area contributed by atoms with Crippen LogP contribution in [-0.2, 0) is 15.9 Å². The number of nitrogens with zero attached hydrogens (tertiary/aromatic N) is 1. The molecule has 1 N–H and O–H groups in total. The van der Waals surface area contributed by atoms with Crippen molar-refractivity contribution >= 4 is 12.6 Å². The zero-order chi connectivity index (χ0) is 14.3. The van der Waals surface area contributed by atoms with Gasteiger partial charge in [0.05, 0.1) is 29.4 Å². The summed E-state index contributed by atoms with van der Waals surface area (Å²) in [5.74, 6) is 0. The van der Waals surface area contributed by atoms with Crippen molar-refractivity contribution in [2.24, 2.45) is 0 Å². The Balaban J connectivity index is 2.48. The Bertz CT molecular complexity index is 518. The van der Waals surface area contributed by atoms with Crippen molar-refractivity contribution in [3.8, 4) is 6.07 Å². The van der Waals surface area contributed by atoms with Crippen LogP contribution in [0.4, 0.5) is 0 Å². The van der Waals surface area contributed by atoms with Gasteiger partial charge >= 0.3 is 7.12 Å². The van der Waals surface area contributed by atoms with Crippen LogP contribution in [-0.4, -0.2) is 23.4 Å². The molecule has 19 heavy (non-hydrogen) atoms. The van der Waals surface area contributed by atoms with E-state index in [1.165, 1.54) is 0 Å². The van der Waals surface area contributed by atoms with Gasteiger partial charge in [0.25, 0.3) is 0 Å². The maximum absolute atomic E-state index is 9.44. The minimum absolute atomic E-state index is 0.144. The van der Waals surface area contributed by atoms with Gasteiger partial charge in [-0.1, -0.05) is 12.1 Å². The minimum atomic E-state index is -0.622. The summed E-state index contributed by atoms with van der Waals surface area (Å²) in [5.41, 5.74) is 0.841. The van der Waals surface area contributed by atoms with Gasteiger partial charge in [0.2, 0.25) is 0 Å². The van der Waals surface area contributed by atoms with Crippen LogP contribution in [0.25, 0.3) is 0 Å². The predicted octanol–water partition coefficient (Wildman–Crippen LogP) is 1.35. The van der Waals surface area contributed by atoms with Crippen molar-refractivity contribution in [2.45, 2.75) is 45.5 Å². The lowest BCUT2D eigenvalue weighted by Crippen LogP contribution is -2.41. The van der Waals surface area contributed by atoms with Gasteiger partial charge in [0.1, 0.15) is 0 Å². The van der Waals surface area contributed by atoms with Gasteiger partial charge in [-0.25, -0.2) is 0 Å². The van der Waals surface area contributed by atoms with Gasteiger partial charge in [-0.3, -0.25) is 0 Å². The predicted molar refractivity (Wildman–Crippen MR) is 72.8 cm³/mol. The van der Waals surface area contributed by atoms with Gasteiger partial charge in [0, 0.05) is 5.46 Å². The Morgan fingerprint density at radius 1 is 1.21 bits per heavy atom. The molecule has 0 spiro atoms. The Kier molecular flexibility index (Phi) is 3.44. The summed E-state index contributed by atoms with van der Waals surface area (Å²) in [6, 6.07) is 7.37. The molecule has 1 aliphatic heterocycles. The van der Waals surface area contributed by atoms with Crippen molar-refractivity contribution in [1.29, 1.82) is 5.26 Å². The summed E-state index contributed by atoms with van der Waals surface area (Å²) < 4.78 is 11.9. The number of aliphatic hydroxyl groups is 1. The molecule has 1 aromatic rings. The topological polar surface area (TPSA) is 62.5 Å². The molecule has 0 atom stereocenters. The molecule has 100 valence electrons. The Morgan fingerprint density at radius 3 is 2.26 bits per heavy atom. The van der Waals surface area contributed by atoms with Crippen LogP contribution < -0.4 is 5.46 Å². The van der Waals surface area contributed by atoms with Crippen LogP contribution in [0.1, 0.15) is 38.8 Å². The molecule has 1 aromatic carbocycles. The molecule has 0 amide bonds. The number of nitriles is 1. The molecular weight excluding hydrogens is 241 g/mol. The van der Waals surface area contributed by atoms with Crippen LogP contribution in [0, 0.1) is 11.3 Å². The summed E-state index contributed by atoms with van der Waals surface area (Å²) in [5, 5.41) is 18.7. The van der Waals surface area contributed by atoms with E-state index in [-0.39, 0.29) is 6.61 Å². The quantitative estimate of drug-likeness (QED) is 0.814. The first-order chi connectivity index (χ1) is 8.82. The lowest BCUT2D eigenvalue weighted by atomic mass is 9.73. The van der Waals surface area contributed by atoms with E-state index in [4.69, 9.17) is 9.31 Å². The first-order valence-corrected chi connectivity index (χ1v) is 6.31. The summed E-state index contributed by atoms with van der Waals surface area (Å²) in [6.45, 7) is 7.69. The van der Waals surface area contributed by atoms with Gasteiger partial charge in [-0.15, -0.1) is 0 Å². The van der Waals surface area contributed by atoms with Gasteiger partial charge in [0.15, 0.2) is 0 Å². The Morgan fingerprint density at radius 2 is 1.79 bits per heavy atom. The van der Waals surface area contributed by atoms with E-state index in [1.807, 2.05) is 27.7 Å². The molecular formula is C14H18BNO3. The van der Waals surface area contributed by atoms with E-state index in [1.54, 1.807) is 18.2 Å². The van der Waals surface area contributed by atoms with Crippen LogP contribution in [0.3, 0.4) is 0 Å². The molecule has 0 unspecified atom stereocenters. The van der Waals surface area contributed by atoms with E-state index in [0.29, 0.717) is 16.6 Å². The summed E-state index contributed by atoms with van der Waals surface area (Å²) >= 11 is 0.